The quantitative estimate of drug-likeness (QED) is 0.0475. The van der Waals surface area contributed by atoms with E-state index >= 15 is 0 Å². The SMILES string of the molecule is NC(P(=O)(O)O)P(=O)(O)O.O=P(O)(O)C(N(CCN(C(P(=O)(O)O)P(=O)(O)O)C(P(=O)(O)O)P(=O)(O)O)C(P(=O)(O)O)P(=O)(O)O)P(=O)(O)O.O=P(O)(O)CP(=O)(O)O.O=P(O)(O)CP(=O)(O)O. The summed E-state index contributed by atoms with van der Waals surface area (Å²) in [6.07, 6.45) is 0. The molecule has 0 heterocycles. The van der Waals surface area contributed by atoms with Gasteiger partial charge in [-0.1, -0.05) is 0 Å². The second-order valence-electron chi connectivity index (χ2n) is 12.1. The van der Waals surface area contributed by atoms with Crippen molar-refractivity contribution >= 4 is 106 Å². The van der Waals surface area contributed by atoms with Crippen molar-refractivity contribution in [2.45, 2.75) is 27.6 Å². The molecule has 45 nitrogen and oxygen atoms in total. The first-order valence-corrected chi connectivity index (χ1v) is 38.5. The van der Waals surface area contributed by atoms with Crippen molar-refractivity contribution in [1.29, 1.82) is 0 Å². The molecule has 0 rings (SSSR count). The zero-order chi connectivity index (χ0) is 56.9. The summed E-state index contributed by atoms with van der Waals surface area (Å²) in [4.78, 5) is 245. The molecule has 0 fully saturated rings. The molecule has 0 amide bonds. The lowest BCUT2D eigenvalue weighted by Crippen LogP contribution is -2.50. The van der Waals surface area contributed by atoms with Crippen molar-refractivity contribution in [3.05, 3.63) is 0 Å². The topological polar surface area (TPSA) is 838 Å². The molecule has 0 aromatic rings. The maximum Gasteiger partial charge on any atom is 0.355 e. The maximum atomic E-state index is 11.9. The molecule has 68 heavy (non-hydrogen) atoms. The number of hydrogen-bond acceptors (Lipinski definition) is 17. The monoisotopic (exact) mass is 1300 g/mol. The molecule has 0 unspecified atom stereocenters. The fourth-order valence-corrected chi connectivity index (χ4v) is 21.5. The predicted molar refractivity (Wildman–Crippen MR) is 215 cm³/mol. The highest BCUT2D eigenvalue weighted by atomic mass is 31.3. The molecule has 0 saturated heterocycles. The lowest BCUT2D eigenvalue weighted by Gasteiger charge is -2.41. The number of rotatable bonds is 21. The van der Waals surface area contributed by atoms with Crippen molar-refractivity contribution in [1.82, 2.24) is 9.80 Å². The van der Waals surface area contributed by atoms with Crippen LogP contribution in [0.3, 0.4) is 0 Å². The fraction of sp³-hybridized carbons (Fsp3) is 1.00. The molecule has 416 valence electrons. The molecule has 0 aliphatic heterocycles. The van der Waals surface area contributed by atoms with Gasteiger partial charge in [0, 0.05) is 13.1 Å². The lowest BCUT2D eigenvalue weighted by molar-refractivity contribution is 0.152. The Balaban J connectivity index is -0.000000582. The average molecular weight is 1300 g/mol. The molecule has 59 heteroatoms. The Morgan fingerprint density at radius 2 is 0.368 bits per heavy atom. The summed E-state index contributed by atoms with van der Waals surface area (Å²) in [5, 5.41) is 0. The van der Waals surface area contributed by atoms with E-state index in [9.17, 15) is 142 Å². The van der Waals surface area contributed by atoms with E-state index in [0.717, 1.165) is 0 Å². The third kappa shape index (κ3) is 33.8. The molecule has 0 radical (unpaired) electrons. The Bertz CT molecular complexity index is 1980. The summed E-state index contributed by atoms with van der Waals surface area (Å²) >= 11 is 0. The van der Waals surface area contributed by atoms with Crippen molar-refractivity contribution in [2.24, 2.45) is 5.73 Å². The van der Waals surface area contributed by atoms with Gasteiger partial charge in [0.1, 0.15) is 0 Å². The Morgan fingerprint density at radius 3 is 0.412 bits per heavy atom. The largest absolute Gasteiger partial charge is 0.355 e. The molecule has 0 saturated carbocycles. The van der Waals surface area contributed by atoms with E-state index in [1.54, 1.807) is 0 Å². The van der Waals surface area contributed by atoms with Crippen molar-refractivity contribution in [2.75, 3.05) is 24.9 Å². The van der Waals surface area contributed by atoms with Crippen LogP contribution in [0.1, 0.15) is 0 Å². The van der Waals surface area contributed by atoms with Crippen LogP contribution >= 0.6 is 106 Å². The third-order valence-corrected chi connectivity index (χ3v) is 29.1. The van der Waals surface area contributed by atoms with Gasteiger partial charge in [-0.15, -0.1) is 0 Å². The molecule has 0 bridgehead atoms. The number of nitrogens with two attached hydrogens (primary N) is 1. The zero-order valence-electron chi connectivity index (χ0n) is 31.7. The van der Waals surface area contributed by atoms with E-state index in [1.807, 2.05) is 0 Å². The standard InChI is InChI=1S/C6H24N2O24P8.CH7NO6P2.2CH6O6P2/c9-33(10,11)3(34(12,13)14)7(4(35(15,16)17)36(18,19)20)1-2-8(5(37(21,22)23)38(24,25)26)6(39(27,28)29)40(30,31)32;2-1(9(3,4)5)10(6,7)8;2*2-8(3,4)1-9(5,6)7/h3-6H,1-2H2,(H2,9,10,11)(H2,12,13,14)(H2,15,16,17)(H2,18,19,20)(H2,21,22,23)(H2,24,25,26)(H2,27,28,29)(H2,30,31,32);1H,2H2,(H2,3,4,5)(H2,6,7,8);2*1H2,(H2,2,3,4)(H2,5,6,7). The van der Waals surface area contributed by atoms with Crippen LogP contribution in [0.5, 0.6) is 0 Å². The summed E-state index contributed by atoms with van der Waals surface area (Å²) in [7, 11) is -80.3. The summed E-state index contributed by atoms with van der Waals surface area (Å²) < 4.78 is 154. The van der Waals surface area contributed by atoms with Crippen LogP contribution in [-0.4, -0.2) is 199 Å². The highest BCUT2D eigenvalue weighted by molar-refractivity contribution is 7.74. The fourth-order valence-electron chi connectivity index (χ4n) is 3.94. The highest BCUT2D eigenvalue weighted by Crippen LogP contribution is 2.71. The highest BCUT2D eigenvalue weighted by Gasteiger charge is 2.61. The van der Waals surface area contributed by atoms with Crippen LogP contribution < -0.4 is 5.73 Å². The van der Waals surface area contributed by atoms with Crippen molar-refractivity contribution < 1.29 is 201 Å². The molecule has 0 atom stereocenters. The first-order chi connectivity index (χ1) is 28.5. The van der Waals surface area contributed by atoms with Crippen molar-refractivity contribution in [3.63, 3.8) is 0 Å². The third-order valence-electron chi connectivity index (χ3n) is 5.64. The van der Waals surface area contributed by atoms with E-state index in [4.69, 9.17) is 58.7 Å². The molecule has 0 aromatic heterocycles. The molecule has 0 aliphatic rings. The summed E-state index contributed by atoms with van der Waals surface area (Å²) in [5.74, 6) is -2.75. The Morgan fingerprint density at radius 1 is 0.250 bits per heavy atom. The van der Waals surface area contributed by atoms with Gasteiger partial charge < -0.3 is 143 Å². The first-order valence-electron chi connectivity index (χ1n) is 14.5. The zero-order valence-corrected chi connectivity index (χ0v) is 44.2. The van der Waals surface area contributed by atoms with Gasteiger partial charge in [0.25, 0.3) is 0 Å². The number of hydrogen-bond donors (Lipinski definition) is 29. The van der Waals surface area contributed by atoms with Gasteiger partial charge in [-0.25, -0.2) is 0 Å². The van der Waals surface area contributed by atoms with Gasteiger partial charge in [-0.2, -0.15) is 0 Å². The van der Waals surface area contributed by atoms with Crippen LogP contribution in [0.2, 0.25) is 0 Å². The average Bonchev–Trinajstić information content (AvgIpc) is 2.85. The molecular formula is C9H43N3O42P14. The maximum absolute atomic E-state index is 11.9. The smallest absolute Gasteiger partial charge is 0.324 e. The summed E-state index contributed by atoms with van der Waals surface area (Å²) in [6, 6.07) is 0. The van der Waals surface area contributed by atoms with E-state index < -0.39 is 169 Å². The van der Waals surface area contributed by atoms with Gasteiger partial charge >= 0.3 is 106 Å². The Kier molecular flexibility index (Phi) is 29.1. The second-order valence-corrected chi connectivity index (χ2v) is 38.5. The van der Waals surface area contributed by atoms with Gasteiger partial charge in [-0.05, 0) is 0 Å². The van der Waals surface area contributed by atoms with Gasteiger partial charge in [0.2, 0.25) is 27.6 Å². The van der Waals surface area contributed by atoms with Crippen LogP contribution in [0, 0.1) is 0 Å². The lowest BCUT2D eigenvalue weighted by atomic mass is 10.5. The summed E-state index contributed by atoms with van der Waals surface area (Å²) in [6.45, 7) is -4.54. The van der Waals surface area contributed by atoms with E-state index in [0.29, 0.717) is 0 Å². The van der Waals surface area contributed by atoms with Gasteiger partial charge in [-0.3, -0.25) is 73.7 Å². The van der Waals surface area contributed by atoms with Crippen molar-refractivity contribution in [3.8, 4) is 0 Å². The van der Waals surface area contributed by atoms with Gasteiger partial charge in [0.15, 0.2) is 11.8 Å². The van der Waals surface area contributed by atoms with E-state index in [2.05, 4.69) is 5.73 Å². The molecule has 0 spiro atoms. The number of nitrogens with zero attached hydrogens (tertiary/aromatic N) is 2. The molecule has 30 N–H and O–H groups in total. The van der Waals surface area contributed by atoms with Gasteiger partial charge in [0.05, 0.1) is 0 Å². The first kappa shape index (κ1) is 76.5. The summed E-state index contributed by atoms with van der Waals surface area (Å²) in [5.41, 5.74) is -13.8. The second kappa shape index (κ2) is 25.9. The van der Waals surface area contributed by atoms with Crippen LogP contribution in [0.15, 0.2) is 0 Å². The molecule has 0 aromatic carbocycles. The van der Waals surface area contributed by atoms with Crippen LogP contribution in [0.4, 0.5) is 0 Å². The minimum atomic E-state index is -6.54. The van der Waals surface area contributed by atoms with E-state index in [-0.39, 0.29) is 0 Å². The van der Waals surface area contributed by atoms with Crippen LogP contribution in [-0.2, 0) is 63.9 Å². The minimum absolute atomic E-state index is 1.08. The normalized spacial score (nSPS) is 15.1. The molecule has 0 aliphatic carbocycles. The Hall–Kier alpha value is 1.98. The van der Waals surface area contributed by atoms with E-state index in [1.165, 1.54) is 0 Å². The van der Waals surface area contributed by atoms with Crippen LogP contribution in [0.25, 0.3) is 0 Å². The molecular weight excluding hydrogens is 1260 g/mol. The minimum Gasteiger partial charge on any atom is -0.324 e. The Labute approximate surface area is 374 Å². The predicted octanol–water partition coefficient (Wildman–Crippen LogP) is -6.67.